The highest BCUT2D eigenvalue weighted by molar-refractivity contribution is 5.95. The largest absolute Gasteiger partial charge is 0.479 e. The van der Waals surface area contributed by atoms with Crippen molar-refractivity contribution in [2.45, 2.75) is 13.0 Å². The zero-order valence-corrected chi connectivity index (χ0v) is 5.81. The van der Waals surface area contributed by atoms with E-state index in [1.54, 1.807) is 0 Å². The molecule has 1 atom stereocenters. The van der Waals surface area contributed by atoms with Crippen molar-refractivity contribution in [2.75, 3.05) is 0 Å². The zero-order chi connectivity index (χ0) is 9.02. The topological polar surface area (TPSA) is 94.8 Å². The fourth-order valence-electron chi connectivity index (χ4n) is 0.531. The minimum absolute atomic E-state index is 0.530. The molecule has 0 fully saturated rings. The molecular weight excluding hydrogens is 152 g/mol. The first kappa shape index (κ1) is 9.64. The predicted molar refractivity (Wildman–Crippen MR) is 35.0 cm³/mol. The second kappa shape index (κ2) is 3.72. The quantitative estimate of drug-likeness (QED) is 0.482. The van der Waals surface area contributed by atoms with Crippen LogP contribution >= 0.6 is 0 Å². The lowest BCUT2D eigenvalue weighted by Crippen LogP contribution is -2.26. The number of hydrogen-bond acceptors (Lipinski definition) is 3. The van der Waals surface area contributed by atoms with Gasteiger partial charge in [0, 0.05) is 0 Å². The second-order valence-corrected chi connectivity index (χ2v) is 1.79. The average Bonchev–Trinajstić information content (AvgIpc) is 1.88. The van der Waals surface area contributed by atoms with E-state index in [1.165, 1.54) is 6.92 Å². The van der Waals surface area contributed by atoms with Gasteiger partial charge in [0.2, 0.25) is 0 Å². The van der Waals surface area contributed by atoms with Gasteiger partial charge in [-0.05, 0) is 6.92 Å². The van der Waals surface area contributed by atoms with E-state index in [0.717, 1.165) is 6.08 Å². The molecule has 0 aromatic rings. The van der Waals surface area contributed by atoms with Crippen LogP contribution in [-0.4, -0.2) is 33.4 Å². The number of carbonyl (C=O) groups is 2. The first-order chi connectivity index (χ1) is 5.00. The second-order valence-electron chi connectivity index (χ2n) is 1.79. The van der Waals surface area contributed by atoms with Crippen molar-refractivity contribution in [1.82, 2.24) is 0 Å². The normalized spacial score (nSPS) is 14.2. The molecule has 11 heavy (non-hydrogen) atoms. The lowest BCUT2D eigenvalue weighted by molar-refractivity contribution is -0.147. The third-order valence-corrected chi connectivity index (χ3v) is 1.09. The SMILES string of the molecule is C/C=C(/C(=O)O)[C@@H](O)C(=O)O. The maximum absolute atomic E-state index is 10.2. The maximum Gasteiger partial charge on any atom is 0.337 e. The Morgan fingerprint density at radius 1 is 1.36 bits per heavy atom. The van der Waals surface area contributed by atoms with Crippen molar-refractivity contribution >= 4 is 11.9 Å². The van der Waals surface area contributed by atoms with E-state index >= 15 is 0 Å². The van der Waals surface area contributed by atoms with Crippen LogP contribution < -0.4 is 0 Å². The lowest BCUT2D eigenvalue weighted by Gasteiger charge is -2.04. The summed E-state index contributed by atoms with van der Waals surface area (Å²) in [7, 11) is 0. The molecule has 0 rings (SSSR count). The number of aliphatic hydroxyl groups is 1. The average molecular weight is 160 g/mol. The molecule has 0 aromatic heterocycles. The van der Waals surface area contributed by atoms with E-state index in [9.17, 15) is 9.59 Å². The first-order valence-corrected chi connectivity index (χ1v) is 2.81. The third-order valence-electron chi connectivity index (χ3n) is 1.09. The van der Waals surface area contributed by atoms with E-state index in [0.29, 0.717) is 0 Å². The molecule has 0 bridgehead atoms. The van der Waals surface area contributed by atoms with Gasteiger partial charge in [-0.25, -0.2) is 9.59 Å². The molecular formula is C6H8O5. The molecule has 0 spiro atoms. The molecule has 0 unspecified atom stereocenters. The molecule has 0 aromatic carbocycles. The Morgan fingerprint density at radius 2 is 1.82 bits per heavy atom. The van der Waals surface area contributed by atoms with Crippen molar-refractivity contribution in [3.05, 3.63) is 11.6 Å². The number of carboxylic acid groups (broad SMARTS) is 2. The summed E-state index contributed by atoms with van der Waals surface area (Å²) in [5.74, 6) is -3.00. The fourth-order valence-corrected chi connectivity index (χ4v) is 0.531. The summed E-state index contributed by atoms with van der Waals surface area (Å²) in [6.07, 6.45) is -0.904. The Bertz CT molecular complexity index is 205. The highest BCUT2D eigenvalue weighted by Crippen LogP contribution is 2.02. The van der Waals surface area contributed by atoms with E-state index in [2.05, 4.69) is 0 Å². The van der Waals surface area contributed by atoms with Crippen LogP contribution in [0.4, 0.5) is 0 Å². The van der Waals surface area contributed by atoms with E-state index in [1.807, 2.05) is 0 Å². The molecule has 0 heterocycles. The molecule has 3 N–H and O–H groups in total. The molecule has 0 radical (unpaired) electrons. The monoisotopic (exact) mass is 160 g/mol. The number of carboxylic acids is 2. The summed E-state index contributed by atoms with van der Waals surface area (Å²) in [6, 6.07) is 0. The summed E-state index contributed by atoms with van der Waals surface area (Å²) in [5.41, 5.74) is -0.530. The number of allylic oxidation sites excluding steroid dienone is 1. The highest BCUT2D eigenvalue weighted by atomic mass is 16.4. The molecule has 62 valence electrons. The predicted octanol–water partition coefficient (Wildman–Crippen LogP) is -0.537. The van der Waals surface area contributed by atoms with Gasteiger partial charge in [-0.3, -0.25) is 0 Å². The summed E-state index contributed by atoms with van der Waals surface area (Å²) in [5, 5.41) is 25.2. The van der Waals surface area contributed by atoms with Gasteiger partial charge in [-0.15, -0.1) is 0 Å². The zero-order valence-electron chi connectivity index (χ0n) is 5.81. The molecule has 0 aliphatic heterocycles. The van der Waals surface area contributed by atoms with Gasteiger partial charge in [0.1, 0.15) is 0 Å². The van der Waals surface area contributed by atoms with Crippen LogP contribution in [-0.2, 0) is 9.59 Å². The standard InChI is InChI=1S/C6H8O5/c1-2-3(5(8)9)4(7)6(10)11/h2,4,7H,1H3,(H,8,9)(H,10,11)/b3-2+/t4-/m1/s1. The maximum atomic E-state index is 10.2. The summed E-state index contributed by atoms with van der Waals surface area (Å²) < 4.78 is 0. The Labute approximate surface area is 62.6 Å². The van der Waals surface area contributed by atoms with Gasteiger partial charge in [-0.2, -0.15) is 0 Å². The third kappa shape index (κ3) is 2.38. The van der Waals surface area contributed by atoms with Gasteiger partial charge in [0.25, 0.3) is 0 Å². The Hall–Kier alpha value is -1.36. The van der Waals surface area contributed by atoms with Gasteiger partial charge in [0.05, 0.1) is 5.57 Å². The van der Waals surface area contributed by atoms with E-state index in [4.69, 9.17) is 15.3 Å². The Kier molecular flexibility index (Phi) is 3.26. The van der Waals surface area contributed by atoms with E-state index < -0.39 is 23.6 Å². The molecule has 0 saturated heterocycles. The Morgan fingerprint density at radius 3 is 1.91 bits per heavy atom. The summed E-state index contributed by atoms with van der Waals surface area (Å²) >= 11 is 0. The molecule has 5 heteroatoms. The molecule has 0 saturated carbocycles. The smallest absolute Gasteiger partial charge is 0.337 e. The summed E-state index contributed by atoms with van der Waals surface area (Å²) in [6.45, 7) is 1.34. The lowest BCUT2D eigenvalue weighted by atomic mass is 10.1. The van der Waals surface area contributed by atoms with Crippen LogP contribution in [0.5, 0.6) is 0 Å². The van der Waals surface area contributed by atoms with Gasteiger partial charge in [0.15, 0.2) is 6.10 Å². The van der Waals surface area contributed by atoms with Gasteiger partial charge in [-0.1, -0.05) is 6.08 Å². The van der Waals surface area contributed by atoms with Crippen LogP contribution in [0.15, 0.2) is 11.6 Å². The molecule has 0 aliphatic carbocycles. The number of aliphatic hydroxyl groups excluding tert-OH is 1. The Balaban J connectivity index is 4.54. The highest BCUT2D eigenvalue weighted by Gasteiger charge is 2.23. The summed E-state index contributed by atoms with van der Waals surface area (Å²) in [4.78, 5) is 20.2. The van der Waals surface area contributed by atoms with Crippen LogP contribution in [0.2, 0.25) is 0 Å². The van der Waals surface area contributed by atoms with Crippen LogP contribution in [0.3, 0.4) is 0 Å². The van der Waals surface area contributed by atoms with Crippen molar-refractivity contribution in [3.63, 3.8) is 0 Å². The van der Waals surface area contributed by atoms with Crippen LogP contribution in [0.1, 0.15) is 6.92 Å². The number of aliphatic carboxylic acids is 2. The fraction of sp³-hybridized carbons (Fsp3) is 0.333. The molecule has 0 amide bonds. The van der Waals surface area contributed by atoms with Crippen molar-refractivity contribution in [1.29, 1.82) is 0 Å². The minimum Gasteiger partial charge on any atom is -0.479 e. The van der Waals surface area contributed by atoms with Crippen LogP contribution in [0.25, 0.3) is 0 Å². The first-order valence-electron chi connectivity index (χ1n) is 2.81. The van der Waals surface area contributed by atoms with Crippen molar-refractivity contribution in [2.24, 2.45) is 0 Å². The van der Waals surface area contributed by atoms with Crippen molar-refractivity contribution < 1.29 is 24.9 Å². The number of rotatable bonds is 3. The van der Waals surface area contributed by atoms with Crippen molar-refractivity contribution in [3.8, 4) is 0 Å². The van der Waals surface area contributed by atoms with Gasteiger partial charge >= 0.3 is 11.9 Å². The van der Waals surface area contributed by atoms with Gasteiger partial charge < -0.3 is 15.3 Å². The minimum atomic E-state index is -1.95. The van der Waals surface area contributed by atoms with Crippen LogP contribution in [0, 0.1) is 0 Å². The molecule has 0 aliphatic rings. The molecule has 5 nitrogen and oxygen atoms in total. The number of hydrogen-bond donors (Lipinski definition) is 3. The van der Waals surface area contributed by atoms with E-state index in [-0.39, 0.29) is 0 Å².